The van der Waals surface area contributed by atoms with Gasteiger partial charge in [0.2, 0.25) is 0 Å². The predicted molar refractivity (Wildman–Crippen MR) is 90.5 cm³/mol. The average molecular weight is 317 g/mol. The van der Waals surface area contributed by atoms with E-state index in [0.717, 1.165) is 51.9 Å². The van der Waals surface area contributed by atoms with Crippen molar-refractivity contribution in [2.24, 2.45) is 0 Å². The zero-order chi connectivity index (χ0) is 16.7. The van der Waals surface area contributed by atoms with Gasteiger partial charge >= 0.3 is 0 Å². The fourth-order valence-corrected chi connectivity index (χ4v) is 2.99. The maximum Gasteiger partial charge on any atom is 0.255 e. The van der Waals surface area contributed by atoms with Crippen molar-refractivity contribution in [3.8, 4) is 0 Å². The van der Waals surface area contributed by atoms with Crippen molar-refractivity contribution < 1.29 is 9.59 Å². The Hall–Kier alpha value is -1.91. The summed E-state index contributed by atoms with van der Waals surface area (Å²) >= 11 is 0. The highest BCUT2D eigenvalue weighted by atomic mass is 16.2. The molecule has 1 aromatic rings. The summed E-state index contributed by atoms with van der Waals surface area (Å²) in [7, 11) is 0. The minimum Gasteiger partial charge on any atom is -0.339 e. The highest BCUT2D eigenvalue weighted by Crippen LogP contribution is 2.14. The maximum atomic E-state index is 12.6. The van der Waals surface area contributed by atoms with Gasteiger partial charge in [-0.1, -0.05) is 13.8 Å². The van der Waals surface area contributed by atoms with E-state index in [0.29, 0.717) is 11.1 Å². The van der Waals surface area contributed by atoms with Gasteiger partial charge in [0.05, 0.1) is 11.1 Å². The first-order valence-electron chi connectivity index (χ1n) is 8.71. The Morgan fingerprint density at radius 2 is 1.65 bits per heavy atom. The van der Waals surface area contributed by atoms with E-state index >= 15 is 0 Å². The van der Waals surface area contributed by atoms with Crippen LogP contribution in [0.5, 0.6) is 0 Å². The molecule has 1 saturated heterocycles. The van der Waals surface area contributed by atoms with E-state index in [4.69, 9.17) is 0 Å². The van der Waals surface area contributed by atoms with Crippen molar-refractivity contribution in [1.82, 2.24) is 14.8 Å². The summed E-state index contributed by atoms with van der Waals surface area (Å²) < 4.78 is 0. The SMILES string of the molecule is CCCN(CCC)C(=O)c1cncc(C(=O)N2CCCCC2)c1. The zero-order valence-electron chi connectivity index (χ0n) is 14.3. The quantitative estimate of drug-likeness (QED) is 0.810. The lowest BCUT2D eigenvalue weighted by molar-refractivity contribution is 0.0723. The summed E-state index contributed by atoms with van der Waals surface area (Å²) in [6, 6.07) is 1.70. The number of rotatable bonds is 6. The van der Waals surface area contributed by atoms with Crippen LogP contribution in [-0.2, 0) is 0 Å². The van der Waals surface area contributed by atoms with Crippen molar-refractivity contribution in [2.75, 3.05) is 26.2 Å². The van der Waals surface area contributed by atoms with Crippen molar-refractivity contribution >= 4 is 11.8 Å². The Kier molecular flexibility index (Phi) is 6.56. The number of hydrogen-bond donors (Lipinski definition) is 0. The van der Waals surface area contributed by atoms with Crippen molar-refractivity contribution in [3.05, 3.63) is 29.6 Å². The van der Waals surface area contributed by atoms with Crippen LogP contribution in [0.4, 0.5) is 0 Å². The number of likely N-dealkylation sites (tertiary alicyclic amines) is 1. The highest BCUT2D eigenvalue weighted by molar-refractivity contribution is 5.99. The third kappa shape index (κ3) is 4.53. The Labute approximate surface area is 138 Å². The number of nitrogens with zero attached hydrogens (tertiary/aromatic N) is 3. The fraction of sp³-hybridized carbons (Fsp3) is 0.611. The molecule has 0 unspecified atom stereocenters. The molecule has 1 aliphatic heterocycles. The Balaban J connectivity index is 2.14. The third-order valence-corrected chi connectivity index (χ3v) is 4.15. The van der Waals surface area contributed by atoms with Crippen molar-refractivity contribution in [3.63, 3.8) is 0 Å². The van der Waals surface area contributed by atoms with Gasteiger partial charge in [0.15, 0.2) is 0 Å². The van der Waals surface area contributed by atoms with E-state index in [1.165, 1.54) is 6.42 Å². The Morgan fingerprint density at radius 1 is 1.04 bits per heavy atom. The second-order valence-electron chi connectivity index (χ2n) is 6.11. The van der Waals surface area contributed by atoms with Crippen LogP contribution in [0.1, 0.15) is 66.7 Å². The number of piperidine rings is 1. The van der Waals surface area contributed by atoms with Gasteiger partial charge in [-0.05, 0) is 38.2 Å². The molecular formula is C18H27N3O2. The molecule has 0 bridgehead atoms. The molecule has 126 valence electrons. The van der Waals surface area contributed by atoms with Gasteiger partial charge in [0, 0.05) is 38.6 Å². The van der Waals surface area contributed by atoms with Crippen LogP contribution < -0.4 is 0 Å². The number of hydrogen-bond acceptors (Lipinski definition) is 3. The van der Waals surface area contributed by atoms with E-state index < -0.39 is 0 Å². The number of carbonyl (C=O) groups excluding carboxylic acids is 2. The molecule has 23 heavy (non-hydrogen) atoms. The van der Waals surface area contributed by atoms with Crippen LogP contribution in [0.2, 0.25) is 0 Å². The molecule has 0 atom stereocenters. The molecule has 2 amide bonds. The number of aromatic nitrogens is 1. The monoisotopic (exact) mass is 317 g/mol. The average Bonchev–Trinajstić information content (AvgIpc) is 2.61. The smallest absolute Gasteiger partial charge is 0.255 e. The minimum atomic E-state index is -0.0329. The lowest BCUT2D eigenvalue weighted by atomic mass is 10.1. The first kappa shape index (κ1) is 17.4. The summed E-state index contributed by atoms with van der Waals surface area (Å²) in [5.41, 5.74) is 1.03. The minimum absolute atomic E-state index is 0.00983. The van der Waals surface area contributed by atoms with Crippen LogP contribution in [0.25, 0.3) is 0 Å². The third-order valence-electron chi connectivity index (χ3n) is 4.15. The predicted octanol–water partition coefficient (Wildman–Crippen LogP) is 2.97. The van der Waals surface area contributed by atoms with E-state index in [9.17, 15) is 9.59 Å². The van der Waals surface area contributed by atoms with Crippen LogP contribution in [0.3, 0.4) is 0 Å². The summed E-state index contributed by atoms with van der Waals surface area (Å²) in [4.78, 5) is 33.0. The second-order valence-corrected chi connectivity index (χ2v) is 6.11. The number of pyridine rings is 1. The Morgan fingerprint density at radius 3 is 2.26 bits per heavy atom. The topological polar surface area (TPSA) is 53.5 Å². The van der Waals surface area contributed by atoms with E-state index in [2.05, 4.69) is 18.8 Å². The fourth-order valence-electron chi connectivity index (χ4n) is 2.99. The second kappa shape index (κ2) is 8.65. The summed E-state index contributed by atoms with van der Waals surface area (Å²) in [5, 5.41) is 0. The van der Waals surface area contributed by atoms with E-state index in [1.807, 2.05) is 9.80 Å². The van der Waals surface area contributed by atoms with Crippen molar-refractivity contribution in [1.29, 1.82) is 0 Å². The molecule has 0 radical (unpaired) electrons. The molecule has 0 N–H and O–H groups in total. The molecular weight excluding hydrogens is 290 g/mol. The molecule has 5 heteroatoms. The normalized spacial score (nSPS) is 14.6. The van der Waals surface area contributed by atoms with Gasteiger partial charge in [0.1, 0.15) is 0 Å². The Bertz CT molecular complexity index is 533. The van der Waals surface area contributed by atoms with Crippen LogP contribution in [-0.4, -0.2) is 52.8 Å². The molecule has 0 aliphatic carbocycles. The first-order chi connectivity index (χ1) is 11.2. The van der Waals surface area contributed by atoms with Gasteiger partial charge in [-0.3, -0.25) is 14.6 Å². The van der Waals surface area contributed by atoms with Crippen LogP contribution in [0.15, 0.2) is 18.5 Å². The lowest BCUT2D eigenvalue weighted by Gasteiger charge is -2.27. The van der Waals surface area contributed by atoms with E-state index in [1.54, 1.807) is 18.5 Å². The molecule has 0 aromatic carbocycles. The molecule has 1 fully saturated rings. The van der Waals surface area contributed by atoms with Crippen LogP contribution in [0, 0.1) is 0 Å². The molecule has 1 aliphatic rings. The molecule has 1 aromatic heterocycles. The molecule has 0 saturated carbocycles. The number of amides is 2. The van der Waals surface area contributed by atoms with Crippen LogP contribution >= 0.6 is 0 Å². The van der Waals surface area contributed by atoms with Gasteiger partial charge < -0.3 is 9.80 Å². The van der Waals surface area contributed by atoms with E-state index in [-0.39, 0.29) is 11.8 Å². The van der Waals surface area contributed by atoms with Gasteiger partial charge in [-0.2, -0.15) is 0 Å². The summed E-state index contributed by atoms with van der Waals surface area (Å²) in [6.45, 7) is 7.19. The number of carbonyl (C=O) groups is 2. The van der Waals surface area contributed by atoms with Crippen molar-refractivity contribution in [2.45, 2.75) is 46.0 Å². The molecule has 0 spiro atoms. The summed E-state index contributed by atoms with van der Waals surface area (Å²) in [5.74, 6) is -0.0427. The van der Waals surface area contributed by atoms with Gasteiger partial charge in [0.25, 0.3) is 11.8 Å². The maximum absolute atomic E-state index is 12.6. The zero-order valence-corrected chi connectivity index (χ0v) is 14.3. The first-order valence-corrected chi connectivity index (χ1v) is 8.71. The molecule has 2 heterocycles. The summed E-state index contributed by atoms with van der Waals surface area (Å²) in [6.07, 6.45) is 8.27. The highest BCUT2D eigenvalue weighted by Gasteiger charge is 2.21. The van der Waals surface area contributed by atoms with Gasteiger partial charge in [-0.25, -0.2) is 0 Å². The molecule has 2 rings (SSSR count). The largest absolute Gasteiger partial charge is 0.339 e. The lowest BCUT2D eigenvalue weighted by Crippen LogP contribution is -2.36. The standard InChI is InChI=1S/C18H27N3O2/c1-3-8-20(9-4-2)17(22)15-12-16(14-19-13-15)18(23)21-10-6-5-7-11-21/h12-14H,3-11H2,1-2H3. The molecule has 5 nitrogen and oxygen atoms in total. The van der Waals surface area contributed by atoms with Gasteiger partial charge in [-0.15, -0.1) is 0 Å².